The van der Waals surface area contributed by atoms with Crippen molar-refractivity contribution in [3.8, 4) is 0 Å². The van der Waals surface area contributed by atoms with Crippen LogP contribution in [0.2, 0.25) is 0 Å². The zero-order chi connectivity index (χ0) is 14.7. The topological polar surface area (TPSA) is 41.1 Å². The van der Waals surface area contributed by atoms with E-state index in [0.29, 0.717) is 12.5 Å². The van der Waals surface area contributed by atoms with E-state index in [1.54, 1.807) is 0 Å². The zero-order valence-electron chi connectivity index (χ0n) is 12.2. The first-order valence-corrected chi connectivity index (χ1v) is 7.39. The normalized spacial score (nSPS) is 14.5. The third kappa shape index (κ3) is 3.14. The smallest absolute Gasteiger partial charge is 0.251 e. The van der Waals surface area contributed by atoms with Gasteiger partial charge in [0.25, 0.3) is 5.91 Å². The van der Waals surface area contributed by atoms with Crippen LogP contribution in [0.1, 0.15) is 39.9 Å². The maximum atomic E-state index is 12.2. The fourth-order valence-corrected chi connectivity index (χ4v) is 2.68. The monoisotopic (exact) mass is 280 g/mol. The minimum absolute atomic E-state index is 0.00693. The predicted molar refractivity (Wildman–Crippen MR) is 84.2 cm³/mol. The molecule has 1 aliphatic rings. The highest BCUT2D eigenvalue weighted by atomic mass is 16.1. The van der Waals surface area contributed by atoms with Gasteiger partial charge in [0.2, 0.25) is 0 Å². The number of benzene rings is 2. The van der Waals surface area contributed by atoms with Crippen molar-refractivity contribution < 1.29 is 4.79 Å². The summed E-state index contributed by atoms with van der Waals surface area (Å²) in [6.45, 7) is 4.54. The molecule has 0 saturated heterocycles. The molecule has 3 heteroatoms. The summed E-state index contributed by atoms with van der Waals surface area (Å²) in [6, 6.07) is 16.2. The van der Waals surface area contributed by atoms with Crippen LogP contribution in [0, 0.1) is 0 Å². The van der Waals surface area contributed by atoms with Crippen LogP contribution in [0.25, 0.3) is 0 Å². The van der Waals surface area contributed by atoms with Gasteiger partial charge in [-0.2, -0.15) is 0 Å². The number of amides is 1. The molecule has 21 heavy (non-hydrogen) atoms. The summed E-state index contributed by atoms with van der Waals surface area (Å²) in [7, 11) is 0. The van der Waals surface area contributed by atoms with Crippen molar-refractivity contribution >= 4 is 5.91 Å². The Kier molecular flexibility index (Phi) is 4.02. The minimum atomic E-state index is 0.00693. The second kappa shape index (κ2) is 6.10. The van der Waals surface area contributed by atoms with Gasteiger partial charge >= 0.3 is 0 Å². The van der Waals surface area contributed by atoms with Crippen molar-refractivity contribution in [2.45, 2.75) is 25.9 Å². The van der Waals surface area contributed by atoms with Gasteiger partial charge < -0.3 is 10.6 Å². The Morgan fingerprint density at radius 2 is 1.90 bits per heavy atom. The SMILES string of the molecule is CC(CNC(=O)c1ccc2c(c1)CNC2)c1ccccc1. The average Bonchev–Trinajstić information content (AvgIpc) is 3.00. The number of rotatable bonds is 4. The van der Waals surface area contributed by atoms with E-state index in [2.05, 4.69) is 29.7 Å². The van der Waals surface area contributed by atoms with E-state index in [9.17, 15) is 4.79 Å². The highest BCUT2D eigenvalue weighted by molar-refractivity contribution is 5.94. The molecule has 2 aromatic carbocycles. The van der Waals surface area contributed by atoms with Crippen molar-refractivity contribution in [3.63, 3.8) is 0 Å². The maximum Gasteiger partial charge on any atom is 0.251 e. The first-order valence-electron chi connectivity index (χ1n) is 7.39. The molecule has 0 bridgehead atoms. The fraction of sp³-hybridized carbons (Fsp3) is 0.278. The summed E-state index contributed by atoms with van der Waals surface area (Å²) < 4.78 is 0. The predicted octanol–water partition coefficient (Wildman–Crippen LogP) is 2.82. The maximum absolute atomic E-state index is 12.2. The Bertz CT molecular complexity index is 637. The standard InChI is InChI=1S/C18H20N2O/c1-13(14-5-3-2-4-6-14)10-20-18(21)15-7-8-16-11-19-12-17(16)9-15/h2-9,13,19H,10-12H2,1H3,(H,20,21). The van der Waals surface area contributed by atoms with Gasteiger partial charge in [-0.1, -0.05) is 43.3 Å². The Hall–Kier alpha value is -2.13. The summed E-state index contributed by atoms with van der Waals surface area (Å²) in [5.74, 6) is 0.318. The Balaban J connectivity index is 1.62. The number of nitrogens with one attached hydrogen (secondary N) is 2. The van der Waals surface area contributed by atoms with E-state index in [1.807, 2.05) is 36.4 Å². The molecule has 108 valence electrons. The minimum Gasteiger partial charge on any atom is -0.351 e. The van der Waals surface area contributed by atoms with Gasteiger partial charge in [0.05, 0.1) is 0 Å². The largest absolute Gasteiger partial charge is 0.351 e. The second-order valence-electron chi connectivity index (χ2n) is 5.61. The number of hydrogen-bond acceptors (Lipinski definition) is 2. The molecule has 1 aliphatic heterocycles. The lowest BCUT2D eigenvalue weighted by atomic mass is 10.0. The number of hydrogen-bond donors (Lipinski definition) is 2. The molecule has 0 radical (unpaired) electrons. The van der Waals surface area contributed by atoms with Gasteiger partial charge in [-0.3, -0.25) is 4.79 Å². The molecular weight excluding hydrogens is 260 g/mol. The van der Waals surface area contributed by atoms with E-state index in [0.717, 1.165) is 18.7 Å². The van der Waals surface area contributed by atoms with Gasteiger partial charge in [-0.25, -0.2) is 0 Å². The van der Waals surface area contributed by atoms with Crippen molar-refractivity contribution in [2.75, 3.05) is 6.54 Å². The highest BCUT2D eigenvalue weighted by Crippen LogP contribution is 2.17. The van der Waals surface area contributed by atoms with Gasteiger partial charge in [-0.15, -0.1) is 0 Å². The van der Waals surface area contributed by atoms with Crippen LogP contribution in [0.15, 0.2) is 48.5 Å². The van der Waals surface area contributed by atoms with Crippen LogP contribution in [0.5, 0.6) is 0 Å². The molecule has 3 rings (SSSR count). The highest BCUT2D eigenvalue weighted by Gasteiger charge is 2.14. The lowest BCUT2D eigenvalue weighted by Gasteiger charge is -2.13. The summed E-state index contributed by atoms with van der Waals surface area (Å²) in [5.41, 5.74) is 4.52. The summed E-state index contributed by atoms with van der Waals surface area (Å²) in [4.78, 5) is 12.2. The van der Waals surface area contributed by atoms with Crippen molar-refractivity contribution in [3.05, 3.63) is 70.8 Å². The molecule has 0 aliphatic carbocycles. The lowest BCUT2D eigenvalue weighted by molar-refractivity contribution is 0.0951. The molecule has 1 amide bonds. The fourth-order valence-electron chi connectivity index (χ4n) is 2.68. The number of carbonyl (C=O) groups excluding carboxylic acids is 1. The molecule has 2 N–H and O–H groups in total. The van der Waals surface area contributed by atoms with Crippen LogP contribution < -0.4 is 10.6 Å². The molecule has 0 saturated carbocycles. The van der Waals surface area contributed by atoms with Gasteiger partial charge in [0.15, 0.2) is 0 Å². The molecule has 3 nitrogen and oxygen atoms in total. The van der Waals surface area contributed by atoms with Gasteiger partial charge in [-0.05, 0) is 34.7 Å². The van der Waals surface area contributed by atoms with E-state index in [-0.39, 0.29) is 5.91 Å². The summed E-state index contributed by atoms with van der Waals surface area (Å²) in [5, 5.41) is 6.32. The Labute approximate surface area is 125 Å². The quantitative estimate of drug-likeness (QED) is 0.904. The first-order chi connectivity index (χ1) is 10.2. The molecule has 1 atom stereocenters. The molecular formula is C18H20N2O. The van der Waals surface area contributed by atoms with E-state index >= 15 is 0 Å². The first kappa shape index (κ1) is 13.8. The van der Waals surface area contributed by atoms with Crippen molar-refractivity contribution in [1.82, 2.24) is 10.6 Å². The zero-order valence-corrected chi connectivity index (χ0v) is 12.2. The van der Waals surface area contributed by atoms with Crippen LogP contribution in [-0.2, 0) is 13.1 Å². The van der Waals surface area contributed by atoms with E-state index in [1.165, 1.54) is 16.7 Å². The van der Waals surface area contributed by atoms with Crippen molar-refractivity contribution in [2.24, 2.45) is 0 Å². The van der Waals surface area contributed by atoms with Crippen LogP contribution in [0.3, 0.4) is 0 Å². The third-order valence-electron chi connectivity index (χ3n) is 4.04. The van der Waals surface area contributed by atoms with Gasteiger partial charge in [0, 0.05) is 25.2 Å². The van der Waals surface area contributed by atoms with Gasteiger partial charge in [0.1, 0.15) is 0 Å². The molecule has 0 spiro atoms. The molecule has 1 unspecified atom stereocenters. The Morgan fingerprint density at radius 3 is 2.71 bits per heavy atom. The summed E-state index contributed by atoms with van der Waals surface area (Å²) in [6.07, 6.45) is 0. The number of fused-ring (bicyclic) bond motifs is 1. The van der Waals surface area contributed by atoms with Crippen LogP contribution >= 0.6 is 0 Å². The summed E-state index contributed by atoms with van der Waals surface area (Å²) >= 11 is 0. The van der Waals surface area contributed by atoms with Crippen molar-refractivity contribution in [1.29, 1.82) is 0 Å². The van der Waals surface area contributed by atoms with E-state index in [4.69, 9.17) is 0 Å². The second-order valence-corrected chi connectivity index (χ2v) is 5.61. The third-order valence-corrected chi connectivity index (χ3v) is 4.04. The van der Waals surface area contributed by atoms with E-state index < -0.39 is 0 Å². The lowest BCUT2D eigenvalue weighted by Crippen LogP contribution is -2.27. The molecule has 1 heterocycles. The Morgan fingerprint density at radius 1 is 1.14 bits per heavy atom. The van der Waals surface area contributed by atoms with Crippen LogP contribution in [-0.4, -0.2) is 12.5 Å². The molecule has 0 fully saturated rings. The average molecular weight is 280 g/mol. The molecule has 2 aromatic rings. The number of carbonyl (C=O) groups is 1. The van der Waals surface area contributed by atoms with Crippen LogP contribution in [0.4, 0.5) is 0 Å². The molecule has 0 aromatic heterocycles.